The number of rotatable bonds is 2. The molecule has 0 aliphatic heterocycles. The molecular weight excluding hydrogens is 194 g/mol. The van der Waals surface area contributed by atoms with Gasteiger partial charge in [-0.05, 0) is 44.1 Å². The summed E-state index contributed by atoms with van der Waals surface area (Å²) in [5, 5.41) is 0. The van der Waals surface area contributed by atoms with Gasteiger partial charge in [-0.1, -0.05) is 37.3 Å². The summed E-state index contributed by atoms with van der Waals surface area (Å²) in [5.41, 5.74) is 2.75. The zero-order valence-corrected chi connectivity index (χ0v) is 10.3. The molecule has 2 atom stereocenters. The molecule has 0 N–H and O–H groups in total. The molecule has 86 valence electrons. The number of hydrogen-bond acceptors (Lipinski definition) is 1. The normalized spacial score (nSPS) is 25.6. The van der Waals surface area contributed by atoms with Crippen molar-refractivity contribution in [3.8, 4) is 0 Å². The van der Waals surface area contributed by atoms with E-state index in [1.165, 1.54) is 37.0 Å². The molecule has 2 unspecified atom stereocenters. The molecule has 1 heteroatoms. The number of nitrogens with zero attached hydrogens (tertiary/aromatic N) is 1. The van der Waals surface area contributed by atoms with E-state index < -0.39 is 0 Å². The van der Waals surface area contributed by atoms with E-state index in [-0.39, 0.29) is 0 Å². The van der Waals surface area contributed by atoms with Gasteiger partial charge in [-0.25, -0.2) is 0 Å². The lowest BCUT2D eigenvalue weighted by atomic mass is 9.89. The van der Waals surface area contributed by atoms with Gasteiger partial charge in [0.05, 0.1) is 6.04 Å². The Hall–Kier alpha value is -1.11. The first kappa shape index (κ1) is 11.4. The van der Waals surface area contributed by atoms with Crippen molar-refractivity contribution in [2.24, 2.45) is 10.9 Å². The predicted octanol–water partition coefficient (Wildman–Crippen LogP) is 4.40. The maximum absolute atomic E-state index is 4.87. The minimum Gasteiger partial charge on any atom is -0.286 e. The first-order valence-corrected chi connectivity index (χ1v) is 6.36. The van der Waals surface area contributed by atoms with Crippen LogP contribution in [0, 0.1) is 5.92 Å². The first-order chi connectivity index (χ1) is 7.75. The first-order valence-electron chi connectivity index (χ1n) is 6.36. The molecule has 0 spiro atoms. The lowest BCUT2D eigenvalue weighted by molar-refractivity contribution is 0.497. The van der Waals surface area contributed by atoms with Crippen molar-refractivity contribution in [1.29, 1.82) is 0 Å². The smallest absolute Gasteiger partial charge is 0.0720 e. The van der Waals surface area contributed by atoms with Gasteiger partial charge in [0.25, 0.3) is 0 Å². The van der Waals surface area contributed by atoms with Crippen LogP contribution in [0.4, 0.5) is 0 Å². The van der Waals surface area contributed by atoms with E-state index in [1.807, 2.05) is 0 Å². The van der Waals surface area contributed by atoms with Crippen LogP contribution >= 0.6 is 0 Å². The molecule has 1 fully saturated rings. The minimum absolute atomic E-state index is 0.321. The average molecular weight is 215 g/mol. The Morgan fingerprint density at radius 2 is 2.00 bits per heavy atom. The van der Waals surface area contributed by atoms with Gasteiger partial charge >= 0.3 is 0 Å². The molecule has 1 aromatic carbocycles. The average Bonchev–Trinajstić information content (AvgIpc) is 2.30. The van der Waals surface area contributed by atoms with E-state index in [9.17, 15) is 0 Å². The second-order valence-electron chi connectivity index (χ2n) is 4.98. The van der Waals surface area contributed by atoms with Gasteiger partial charge < -0.3 is 0 Å². The van der Waals surface area contributed by atoms with Gasteiger partial charge in [0.15, 0.2) is 0 Å². The molecule has 0 aromatic heterocycles. The second-order valence-corrected chi connectivity index (χ2v) is 4.98. The zero-order valence-electron chi connectivity index (χ0n) is 10.3. The summed E-state index contributed by atoms with van der Waals surface area (Å²) >= 11 is 0. The Bertz CT molecular complexity index is 353. The van der Waals surface area contributed by atoms with E-state index in [1.54, 1.807) is 0 Å². The molecular formula is C15H21N. The summed E-state index contributed by atoms with van der Waals surface area (Å²) < 4.78 is 0. The highest BCUT2D eigenvalue weighted by atomic mass is 14.8. The van der Waals surface area contributed by atoms with E-state index in [2.05, 4.69) is 44.2 Å². The molecule has 0 amide bonds. The van der Waals surface area contributed by atoms with Gasteiger partial charge in [0.1, 0.15) is 0 Å². The molecule has 0 heterocycles. The van der Waals surface area contributed by atoms with E-state index in [0.717, 1.165) is 5.92 Å². The second kappa shape index (κ2) is 5.29. The van der Waals surface area contributed by atoms with Crippen molar-refractivity contribution < 1.29 is 0 Å². The molecule has 1 aromatic rings. The van der Waals surface area contributed by atoms with Crippen LogP contribution in [0.5, 0.6) is 0 Å². The minimum atomic E-state index is 0.321. The van der Waals surface area contributed by atoms with Gasteiger partial charge in [-0.15, -0.1) is 0 Å². The Morgan fingerprint density at radius 1 is 1.25 bits per heavy atom. The fraction of sp³-hybridized carbons (Fsp3) is 0.533. The SMILES string of the molecule is CC1CCCC(=NC(C)c2ccccc2)C1. The summed E-state index contributed by atoms with van der Waals surface area (Å²) in [5.74, 6) is 0.829. The lowest BCUT2D eigenvalue weighted by Crippen LogP contribution is -2.13. The topological polar surface area (TPSA) is 12.4 Å². The predicted molar refractivity (Wildman–Crippen MR) is 69.9 cm³/mol. The third kappa shape index (κ3) is 2.94. The molecule has 1 saturated carbocycles. The van der Waals surface area contributed by atoms with Crippen LogP contribution < -0.4 is 0 Å². The Morgan fingerprint density at radius 3 is 2.69 bits per heavy atom. The fourth-order valence-electron chi connectivity index (χ4n) is 2.46. The molecule has 0 saturated heterocycles. The summed E-state index contributed by atoms with van der Waals surface area (Å²) in [6.45, 7) is 4.53. The van der Waals surface area contributed by atoms with Gasteiger partial charge in [-0.3, -0.25) is 4.99 Å². The van der Waals surface area contributed by atoms with Crippen molar-refractivity contribution >= 4 is 5.71 Å². The Labute approximate surface area is 98.6 Å². The van der Waals surface area contributed by atoms with Gasteiger partial charge in [0, 0.05) is 5.71 Å². The molecule has 2 rings (SSSR count). The number of hydrogen-bond donors (Lipinski definition) is 0. The van der Waals surface area contributed by atoms with Gasteiger partial charge in [-0.2, -0.15) is 0 Å². The monoisotopic (exact) mass is 215 g/mol. The van der Waals surface area contributed by atoms with Crippen molar-refractivity contribution in [2.75, 3.05) is 0 Å². The summed E-state index contributed by atoms with van der Waals surface area (Å²) in [6, 6.07) is 10.9. The third-order valence-corrected chi connectivity index (χ3v) is 3.40. The molecule has 1 aliphatic carbocycles. The van der Waals surface area contributed by atoms with Crippen LogP contribution in [0.3, 0.4) is 0 Å². The lowest BCUT2D eigenvalue weighted by Gasteiger charge is -2.20. The Balaban J connectivity index is 2.05. The van der Waals surface area contributed by atoms with Crippen LogP contribution in [-0.4, -0.2) is 5.71 Å². The molecule has 0 radical (unpaired) electrons. The van der Waals surface area contributed by atoms with Crippen molar-refractivity contribution in [2.45, 2.75) is 45.6 Å². The summed E-state index contributed by atoms with van der Waals surface area (Å²) in [7, 11) is 0. The molecule has 1 aliphatic rings. The maximum atomic E-state index is 4.87. The van der Waals surface area contributed by atoms with Crippen LogP contribution in [0.1, 0.15) is 51.1 Å². The zero-order chi connectivity index (χ0) is 11.4. The van der Waals surface area contributed by atoms with Crippen molar-refractivity contribution in [1.82, 2.24) is 0 Å². The number of aliphatic imine (C=N–C) groups is 1. The number of benzene rings is 1. The van der Waals surface area contributed by atoms with Gasteiger partial charge in [0.2, 0.25) is 0 Å². The van der Waals surface area contributed by atoms with Crippen LogP contribution in [0.2, 0.25) is 0 Å². The molecule has 16 heavy (non-hydrogen) atoms. The highest BCUT2D eigenvalue weighted by Gasteiger charge is 2.14. The maximum Gasteiger partial charge on any atom is 0.0720 e. The fourth-order valence-corrected chi connectivity index (χ4v) is 2.46. The Kier molecular flexibility index (Phi) is 3.76. The highest BCUT2D eigenvalue weighted by Crippen LogP contribution is 2.24. The third-order valence-electron chi connectivity index (χ3n) is 3.40. The van der Waals surface area contributed by atoms with Crippen molar-refractivity contribution in [3.63, 3.8) is 0 Å². The molecule has 1 nitrogen and oxygen atoms in total. The van der Waals surface area contributed by atoms with Crippen LogP contribution in [0.25, 0.3) is 0 Å². The quantitative estimate of drug-likeness (QED) is 0.693. The van der Waals surface area contributed by atoms with E-state index in [4.69, 9.17) is 4.99 Å². The van der Waals surface area contributed by atoms with Crippen LogP contribution in [0.15, 0.2) is 35.3 Å². The summed E-state index contributed by atoms with van der Waals surface area (Å²) in [4.78, 5) is 4.87. The van der Waals surface area contributed by atoms with Crippen LogP contribution in [-0.2, 0) is 0 Å². The highest BCUT2D eigenvalue weighted by molar-refractivity contribution is 5.85. The van der Waals surface area contributed by atoms with E-state index in [0.29, 0.717) is 6.04 Å². The van der Waals surface area contributed by atoms with E-state index >= 15 is 0 Å². The molecule has 0 bridgehead atoms. The standard InChI is InChI=1S/C15H21N/c1-12-7-6-10-15(11-12)16-13(2)14-8-4-3-5-9-14/h3-5,8-9,12-13H,6-7,10-11H2,1-2H3. The summed E-state index contributed by atoms with van der Waals surface area (Å²) in [6.07, 6.45) is 5.11. The largest absolute Gasteiger partial charge is 0.286 e. The van der Waals surface area contributed by atoms with Crippen molar-refractivity contribution in [3.05, 3.63) is 35.9 Å².